The number of para-hydroxylation sites is 1. The van der Waals surface area contributed by atoms with Gasteiger partial charge in [0.1, 0.15) is 0 Å². The SMILES string of the molecule is Cc1ccccc1-n1nnnc1SCC(=O)N(Cc1ccccc1)C(C)(C)C. The van der Waals surface area contributed by atoms with Crippen molar-refractivity contribution in [3.05, 3.63) is 65.7 Å². The highest BCUT2D eigenvalue weighted by Crippen LogP contribution is 2.23. The number of hydrogen-bond donors (Lipinski definition) is 0. The van der Waals surface area contributed by atoms with Crippen LogP contribution < -0.4 is 0 Å². The first-order valence-electron chi connectivity index (χ1n) is 9.18. The van der Waals surface area contributed by atoms with Crippen LogP contribution in [0.1, 0.15) is 31.9 Å². The molecule has 0 aliphatic rings. The van der Waals surface area contributed by atoms with Crippen LogP contribution in [0.5, 0.6) is 0 Å². The standard InChI is InChI=1S/C21H25N5OS/c1-16-10-8-9-13-18(16)26-20(22-23-24-26)28-15-19(27)25(21(2,3)4)14-17-11-6-5-7-12-17/h5-13H,14-15H2,1-4H3. The number of benzene rings is 2. The smallest absolute Gasteiger partial charge is 0.233 e. The van der Waals surface area contributed by atoms with Crippen LogP contribution in [-0.2, 0) is 11.3 Å². The molecule has 2 aromatic carbocycles. The molecular formula is C21H25N5OS. The molecule has 6 nitrogen and oxygen atoms in total. The number of tetrazole rings is 1. The van der Waals surface area contributed by atoms with Gasteiger partial charge in [0.15, 0.2) is 0 Å². The minimum Gasteiger partial charge on any atom is -0.333 e. The van der Waals surface area contributed by atoms with Gasteiger partial charge in [0.25, 0.3) is 0 Å². The molecule has 0 saturated heterocycles. The Balaban J connectivity index is 1.74. The first kappa shape index (κ1) is 20.1. The number of carbonyl (C=O) groups excluding carboxylic acids is 1. The van der Waals surface area contributed by atoms with E-state index >= 15 is 0 Å². The lowest BCUT2D eigenvalue weighted by molar-refractivity contribution is -0.133. The Morgan fingerprint density at radius 1 is 1.07 bits per heavy atom. The molecule has 7 heteroatoms. The van der Waals surface area contributed by atoms with Gasteiger partial charge in [-0.25, -0.2) is 0 Å². The zero-order chi connectivity index (χ0) is 20.1. The number of aromatic nitrogens is 4. The number of aryl methyl sites for hydroxylation is 1. The van der Waals surface area contributed by atoms with E-state index in [9.17, 15) is 4.79 Å². The Morgan fingerprint density at radius 3 is 2.43 bits per heavy atom. The van der Waals surface area contributed by atoms with Gasteiger partial charge in [0.05, 0.1) is 11.4 Å². The summed E-state index contributed by atoms with van der Waals surface area (Å²) in [5.74, 6) is 0.330. The topological polar surface area (TPSA) is 63.9 Å². The summed E-state index contributed by atoms with van der Waals surface area (Å²) in [6.45, 7) is 8.74. The van der Waals surface area contributed by atoms with Crippen molar-refractivity contribution in [2.45, 2.75) is 44.9 Å². The fourth-order valence-corrected chi connectivity index (χ4v) is 3.65. The summed E-state index contributed by atoms with van der Waals surface area (Å²) >= 11 is 1.36. The lowest BCUT2D eigenvalue weighted by Crippen LogP contribution is -2.45. The molecule has 28 heavy (non-hydrogen) atoms. The van der Waals surface area contributed by atoms with E-state index in [4.69, 9.17) is 0 Å². The van der Waals surface area contributed by atoms with Crippen LogP contribution in [0.15, 0.2) is 59.8 Å². The summed E-state index contributed by atoms with van der Waals surface area (Å²) in [7, 11) is 0. The lowest BCUT2D eigenvalue weighted by Gasteiger charge is -2.36. The molecule has 0 aliphatic carbocycles. The van der Waals surface area contributed by atoms with Crippen molar-refractivity contribution in [1.82, 2.24) is 25.1 Å². The van der Waals surface area contributed by atoms with Gasteiger partial charge in [0.2, 0.25) is 11.1 Å². The van der Waals surface area contributed by atoms with E-state index in [-0.39, 0.29) is 17.2 Å². The van der Waals surface area contributed by atoms with Gasteiger partial charge >= 0.3 is 0 Å². The molecule has 3 aromatic rings. The largest absolute Gasteiger partial charge is 0.333 e. The minimum atomic E-state index is -0.282. The quantitative estimate of drug-likeness (QED) is 0.593. The third-order valence-corrected chi connectivity index (χ3v) is 5.31. The van der Waals surface area contributed by atoms with Crippen LogP contribution in [0.3, 0.4) is 0 Å². The highest BCUT2D eigenvalue weighted by atomic mass is 32.2. The van der Waals surface area contributed by atoms with Gasteiger partial charge in [-0.2, -0.15) is 4.68 Å². The van der Waals surface area contributed by atoms with Crippen molar-refractivity contribution in [2.24, 2.45) is 0 Å². The minimum absolute atomic E-state index is 0.0562. The van der Waals surface area contributed by atoms with Gasteiger partial charge in [-0.05, 0) is 55.3 Å². The van der Waals surface area contributed by atoms with Gasteiger partial charge in [0, 0.05) is 12.1 Å². The summed E-state index contributed by atoms with van der Waals surface area (Å²) in [4.78, 5) is 14.9. The Kier molecular flexibility index (Phi) is 6.14. The molecule has 0 saturated carbocycles. The predicted octanol–water partition coefficient (Wildman–Crippen LogP) is 3.89. The summed E-state index contributed by atoms with van der Waals surface area (Å²) in [6, 6.07) is 17.9. The normalized spacial score (nSPS) is 11.4. The van der Waals surface area contributed by atoms with Crippen molar-refractivity contribution in [3.8, 4) is 5.69 Å². The first-order chi connectivity index (χ1) is 13.4. The van der Waals surface area contributed by atoms with Crippen molar-refractivity contribution in [2.75, 3.05) is 5.75 Å². The maximum absolute atomic E-state index is 13.0. The van der Waals surface area contributed by atoms with E-state index in [0.29, 0.717) is 11.7 Å². The van der Waals surface area contributed by atoms with Crippen LogP contribution in [0, 0.1) is 6.92 Å². The van der Waals surface area contributed by atoms with Crippen LogP contribution in [0.4, 0.5) is 0 Å². The van der Waals surface area contributed by atoms with E-state index in [1.165, 1.54) is 11.8 Å². The second-order valence-corrected chi connectivity index (χ2v) is 8.53. The summed E-state index contributed by atoms with van der Waals surface area (Å²) in [6.07, 6.45) is 0. The van der Waals surface area contributed by atoms with Crippen molar-refractivity contribution in [1.29, 1.82) is 0 Å². The third-order valence-electron chi connectivity index (χ3n) is 4.40. The monoisotopic (exact) mass is 395 g/mol. The van der Waals surface area contributed by atoms with Gasteiger partial charge < -0.3 is 4.90 Å². The molecule has 0 fully saturated rings. The summed E-state index contributed by atoms with van der Waals surface area (Å²) in [5, 5.41) is 12.6. The van der Waals surface area contributed by atoms with E-state index in [1.807, 2.05) is 66.4 Å². The Bertz CT molecular complexity index is 933. The molecule has 0 N–H and O–H groups in total. The molecule has 3 rings (SSSR count). The molecule has 0 unspecified atom stereocenters. The molecule has 1 amide bonds. The van der Waals surface area contributed by atoms with E-state index in [2.05, 4.69) is 36.3 Å². The maximum Gasteiger partial charge on any atom is 0.233 e. The molecule has 0 bridgehead atoms. The molecule has 0 radical (unpaired) electrons. The summed E-state index contributed by atoms with van der Waals surface area (Å²) < 4.78 is 1.69. The zero-order valence-electron chi connectivity index (χ0n) is 16.7. The lowest BCUT2D eigenvalue weighted by atomic mass is 10.0. The van der Waals surface area contributed by atoms with E-state index < -0.39 is 0 Å². The molecular weight excluding hydrogens is 370 g/mol. The van der Waals surface area contributed by atoms with Gasteiger partial charge in [-0.1, -0.05) is 60.3 Å². The average molecular weight is 396 g/mol. The average Bonchev–Trinajstić information content (AvgIpc) is 3.13. The summed E-state index contributed by atoms with van der Waals surface area (Å²) in [5.41, 5.74) is 2.82. The maximum atomic E-state index is 13.0. The van der Waals surface area contributed by atoms with E-state index in [0.717, 1.165) is 16.8 Å². The van der Waals surface area contributed by atoms with Crippen LogP contribution in [0.25, 0.3) is 5.69 Å². The number of hydrogen-bond acceptors (Lipinski definition) is 5. The molecule has 1 heterocycles. The fraction of sp³-hybridized carbons (Fsp3) is 0.333. The number of amides is 1. The molecule has 1 aromatic heterocycles. The van der Waals surface area contributed by atoms with Crippen molar-refractivity contribution in [3.63, 3.8) is 0 Å². The molecule has 0 aliphatic heterocycles. The van der Waals surface area contributed by atoms with Gasteiger partial charge in [-0.3, -0.25) is 4.79 Å². The van der Waals surface area contributed by atoms with Crippen LogP contribution in [0.2, 0.25) is 0 Å². The van der Waals surface area contributed by atoms with Crippen molar-refractivity contribution >= 4 is 17.7 Å². The van der Waals surface area contributed by atoms with Crippen LogP contribution in [-0.4, -0.2) is 42.3 Å². The highest BCUT2D eigenvalue weighted by molar-refractivity contribution is 7.99. The van der Waals surface area contributed by atoms with Gasteiger partial charge in [-0.15, -0.1) is 5.10 Å². The second-order valence-electron chi connectivity index (χ2n) is 7.58. The Morgan fingerprint density at radius 2 is 1.75 bits per heavy atom. The number of nitrogens with zero attached hydrogens (tertiary/aromatic N) is 5. The molecule has 0 atom stereocenters. The van der Waals surface area contributed by atoms with Crippen molar-refractivity contribution < 1.29 is 4.79 Å². The number of thioether (sulfide) groups is 1. The number of carbonyl (C=O) groups is 1. The second kappa shape index (κ2) is 8.56. The fourth-order valence-electron chi connectivity index (χ4n) is 2.89. The zero-order valence-corrected chi connectivity index (χ0v) is 17.5. The van der Waals surface area contributed by atoms with E-state index in [1.54, 1.807) is 4.68 Å². The highest BCUT2D eigenvalue weighted by Gasteiger charge is 2.27. The molecule has 146 valence electrons. The third kappa shape index (κ3) is 4.78. The van der Waals surface area contributed by atoms with Crippen LogP contribution >= 0.6 is 11.8 Å². The Labute approximate surface area is 169 Å². The predicted molar refractivity (Wildman–Crippen MR) is 111 cm³/mol. The number of rotatable bonds is 6. The molecule has 0 spiro atoms. The Hall–Kier alpha value is -2.67. The first-order valence-corrected chi connectivity index (χ1v) is 10.2.